The van der Waals surface area contributed by atoms with E-state index < -0.39 is 12.1 Å². The summed E-state index contributed by atoms with van der Waals surface area (Å²) >= 11 is 0. The minimum absolute atomic E-state index is 0.400. The molecule has 0 aliphatic rings. The second-order valence-electron chi connectivity index (χ2n) is 6.31. The fourth-order valence-corrected chi connectivity index (χ4v) is 2.94. The van der Waals surface area contributed by atoms with Crippen LogP contribution in [0.1, 0.15) is 33.2 Å². The highest BCUT2D eigenvalue weighted by Gasteiger charge is 2.15. The van der Waals surface area contributed by atoms with E-state index in [0.29, 0.717) is 17.7 Å². The number of para-hydroxylation sites is 1. The highest BCUT2D eigenvalue weighted by atomic mass is 16.5. The summed E-state index contributed by atoms with van der Waals surface area (Å²) in [6.07, 6.45) is -0.814. The van der Waals surface area contributed by atoms with Crippen molar-refractivity contribution in [3.8, 4) is 5.75 Å². The lowest BCUT2D eigenvalue weighted by Gasteiger charge is -2.17. The lowest BCUT2D eigenvalue weighted by atomic mass is 9.98. The fourth-order valence-electron chi connectivity index (χ4n) is 2.94. The summed E-state index contributed by atoms with van der Waals surface area (Å²) < 4.78 is 9.89. The predicted octanol–water partition coefficient (Wildman–Crippen LogP) is 4.18. The minimum Gasteiger partial charge on any atom is -0.497 e. The molecule has 0 amide bonds. The van der Waals surface area contributed by atoms with Crippen LogP contribution in [0.3, 0.4) is 0 Å². The Morgan fingerprint density at radius 3 is 2.29 bits per heavy atom. The molecule has 3 aromatic carbocycles. The zero-order valence-electron chi connectivity index (χ0n) is 15.9. The van der Waals surface area contributed by atoms with Gasteiger partial charge < -0.3 is 19.9 Å². The van der Waals surface area contributed by atoms with Crippen LogP contribution < -0.4 is 10.1 Å². The van der Waals surface area contributed by atoms with E-state index in [4.69, 9.17) is 9.47 Å². The molecule has 1 atom stereocenters. The molecule has 1 unspecified atom stereocenters. The third-order valence-corrected chi connectivity index (χ3v) is 4.54. The van der Waals surface area contributed by atoms with Gasteiger partial charge in [-0.05, 0) is 41.5 Å². The van der Waals surface area contributed by atoms with Crippen molar-refractivity contribution in [1.29, 1.82) is 0 Å². The number of nitrogens with one attached hydrogen (secondary N) is 1. The lowest BCUT2D eigenvalue weighted by Crippen LogP contribution is -2.07. The topological polar surface area (TPSA) is 67.8 Å². The Balaban J connectivity index is 1.75. The first kappa shape index (κ1) is 19.5. The molecule has 0 aliphatic carbocycles. The van der Waals surface area contributed by atoms with Crippen molar-refractivity contribution in [2.24, 2.45) is 0 Å². The number of esters is 1. The number of hydrogen-bond donors (Lipinski definition) is 2. The Hall–Kier alpha value is -3.31. The third-order valence-electron chi connectivity index (χ3n) is 4.54. The third kappa shape index (κ3) is 4.50. The predicted molar refractivity (Wildman–Crippen MR) is 109 cm³/mol. The molecule has 3 rings (SSSR count). The van der Waals surface area contributed by atoms with Gasteiger partial charge in [0.1, 0.15) is 11.9 Å². The number of carbonyl (C=O) groups excluding carboxylic acids is 1. The molecule has 0 fully saturated rings. The van der Waals surface area contributed by atoms with Gasteiger partial charge in [-0.25, -0.2) is 4.79 Å². The van der Waals surface area contributed by atoms with Crippen LogP contribution in [0.15, 0.2) is 72.8 Å². The number of hydrogen-bond acceptors (Lipinski definition) is 5. The van der Waals surface area contributed by atoms with E-state index in [1.165, 1.54) is 7.11 Å². The zero-order chi connectivity index (χ0) is 19.9. The first-order valence-corrected chi connectivity index (χ1v) is 8.94. The van der Waals surface area contributed by atoms with Gasteiger partial charge in [0.15, 0.2) is 0 Å². The second kappa shape index (κ2) is 9.06. The molecule has 0 heterocycles. The molecule has 5 nitrogen and oxygen atoms in total. The molecule has 0 saturated heterocycles. The molecule has 0 bridgehead atoms. The molecular formula is C23H23NO4. The molecular weight excluding hydrogens is 354 g/mol. The quantitative estimate of drug-likeness (QED) is 0.605. The summed E-state index contributed by atoms with van der Waals surface area (Å²) in [5.41, 5.74) is 3.87. The van der Waals surface area contributed by atoms with Crippen molar-refractivity contribution >= 4 is 11.7 Å². The number of rotatable bonds is 7. The Morgan fingerprint density at radius 1 is 0.964 bits per heavy atom. The molecule has 0 aromatic heterocycles. The van der Waals surface area contributed by atoms with Gasteiger partial charge in [0.25, 0.3) is 0 Å². The lowest BCUT2D eigenvalue weighted by molar-refractivity contribution is 0.0600. The van der Waals surface area contributed by atoms with Gasteiger partial charge in [-0.3, -0.25) is 0 Å². The molecule has 3 aromatic rings. The summed E-state index contributed by atoms with van der Waals surface area (Å²) in [6.45, 7) is 0.620. The molecule has 2 N–H and O–H groups in total. The molecule has 0 spiro atoms. The first-order chi connectivity index (χ1) is 13.6. The van der Waals surface area contributed by atoms with Crippen LogP contribution in [0.5, 0.6) is 5.75 Å². The van der Waals surface area contributed by atoms with Crippen LogP contribution in [0.25, 0.3) is 0 Å². The van der Waals surface area contributed by atoms with Crippen LogP contribution in [0.4, 0.5) is 5.69 Å². The van der Waals surface area contributed by atoms with E-state index in [9.17, 15) is 9.90 Å². The monoisotopic (exact) mass is 377 g/mol. The first-order valence-electron chi connectivity index (χ1n) is 8.94. The van der Waals surface area contributed by atoms with Gasteiger partial charge in [-0.1, -0.05) is 42.5 Å². The van der Waals surface area contributed by atoms with Crippen molar-refractivity contribution in [2.45, 2.75) is 12.6 Å². The van der Waals surface area contributed by atoms with E-state index in [1.54, 1.807) is 31.4 Å². The maximum atomic E-state index is 11.6. The largest absolute Gasteiger partial charge is 0.497 e. The van der Waals surface area contributed by atoms with Crippen LogP contribution in [-0.4, -0.2) is 25.3 Å². The van der Waals surface area contributed by atoms with E-state index >= 15 is 0 Å². The van der Waals surface area contributed by atoms with Crippen molar-refractivity contribution < 1.29 is 19.4 Å². The average Bonchev–Trinajstić information content (AvgIpc) is 2.77. The van der Waals surface area contributed by atoms with E-state index in [1.807, 2.05) is 48.5 Å². The second-order valence-corrected chi connectivity index (χ2v) is 6.31. The zero-order valence-corrected chi connectivity index (χ0v) is 15.9. The van der Waals surface area contributed by atoms with Crippen LogP contribution >= 0.6 is 0 Å². The van der Waals surface area contributed by atoms with Crippen LogP contribution in [-0.2, 0) is 11.3 Å². The number of anilines is 1. The maximum absolute atomic E-state index is 11.6. The molecule has 5 heteroatoms. The van der Waals surface area contributed by atoms with Crippen molar-refractivity contribution in [1.82, 2.24) is 0 Å². The summed E-state index contributed by atoms with van der Waals surface area (Å²) in [5, 5.41) is 14.2. The Labute approximate surface area is 164 Å². The molecule has 0 saturated carbocycles. The number of ether oxygens (including phenoxy) is 2. The number of aliphatic hydroxyl groups is 1. The Morgan fingerprint density at radius 2 is 1.64 bits per heavy atom. The average molecular weight is 377 g/mol. The number of methoxy groups -OCH3 is 2. The van der Waals surface area contributed by atoms with Crippen LogP contribution in [0.2, 0.25) is 0 Å². The van der Waals surface area contributed by atoms with E-state index in [2.05, 4.69) is 5.32 Å². The van der Waals surface area contributed by atoms with Gasteiger partial charge in [0.2, 0.25) is 0 Å². The van der Waals surface area contributed by atoms with Gasteiger partial charge in [-0.2, -0.15) is 0 Å². The maximum Gasteiger partial charge on any atom is 0.337 e. The molecule has 28 heavy (non-hydrogen) atoms. The van der Waals surface area contributed by atoms with Crippen molar-refractivity contribution in [3.63, 3.8) is 0 Å². The summed E-state index contributed by atoms with van der Waals surface area (Å²) in [6, 6.07) is 22.2. The standard InChI is InChI=1S/C23H23NO4/c1-27-19-13-7-16(8-14-19)15-24-21-6-4-3-5-20(21)22(25)17-9-11-18(12-10-17)23(26)28-2/h3-14,22,24-25H,15H2,1-2H3. The van der Waals surface area contributed by atoms with E-state index in [0.717, 1.165) is 22.6 Å². The Bertz CT molecular complexity index is 920. The molecule has 0 radical (unpaired) electrons. The van der Waals surface area contributed by atoms with Crippen LogP contribution in [0, 0.1) is 0 Å². The summed E-state index contributed by atoms with van der Waals surface area (Å²) in [7, 11) is 2.98. The van der Waals surface area contributed by atoms with Gasteiger partial charge in [-0.15, -0.1) is 0 Å². The summed E-state index contributed by atoms with van der Waals surface area (Å²) in [4.78, 5) is 11.6. The highest BCUT2D eigenvalue weighted by molar-refractivity contribution is 5.89. The van der Waals surface area contributed by atoms with Crippen molar-refractivity contribution in [3.05, 3.63) is 95.1 Å². The number of carbonyl (C=O) groups is 1. The van der Waals surface area contributed by atoms with Gasteiger partial charge >= 0.3 is 5.97 Å². The fraction of sp³-hybridized carbons (Fsp3) is 0.174. The Kier molecular flexibility index (Phi) is 6.29. The number of aliphatic hydroxyl groups excluding tert-OH is 1. The smallest absolute Gasteiger partial charge is 0.337 e. The van der Waals surface area contributed by atoms with Gasteiger partial charge in [0, 0.05) is 17.8 Å². The molecule has 0 aliphatic heterocycles. The normalized spacial score (nSPS) is 11.5. The van der Waals surface area contributed by atoms with E-state index in [-0.39, 0.29) is 0 Å². The van der Waals surface area contributed by atoms with Gasteiger partial charge in [0.05, 0.1) is 19.8 Å². The minimum atomic E-state index is -0.814. The highest BCUT2D eigenvalue weighted by Crippen LogP contribution is 2.29. The SMILES string of the molecule is COC(=O)c1ccc(C(O)c2ccccc2NCc2ccc(OC)cc2)cc1. The van der Waals surface area contributed by atoms with Crippen molar-refractivity contribution in [2.75, 3.05) is 19.5 Å². The molecule has 144 valence electrons. The number of benzene rings is 3. The summed E-state index contributed by atoms with van der Waals surface area (Å²) in [5.74, 6) is 0.414.